The summed E-state index contributed by atoms with van der Waals surface area (Å²) < 4.78 is 12.2. The van der Waals surface area contributed by atoms with Crippen LogP contribution in [0.2, 0.25) is 0 Å². The summed E-state index contributed by atoms with van der Waals surface area (Å²) >= 11 is 0. The van der Waals surface area contributed by atoms with Gasteiger partial charge in [0.2, 0.25) is 0 Å². The van der Waals surface area contributed by atoms with Gasteiger partial charge in [0, 0.05) is 70.9 Å². The summed E-state index contributed by atoms with van der Waals surface area (Å²) in [5.41, 5.74) is 20.4. The van der Waals surface area contributed by atoms with Crippen molar-refractivity contribution >= 4 is 109 Å². The van der Waals surface area contributed by atoms with Crippen LogP contribution in [0.15, 0.2) is 291 Å². The molecule has 0 fully saturated rings. The molecule has 5 aromatic heterocycles. The second kappa shape index (κ2) is 18.2. The van der Waals surface area contributed by atoms with Crippen LogP contribution in [0.4, 0.5) is 0 Å². The first-order valence-corrected chi connectivity index (χ1v) is 29.0. The van der Waals surface area contributed by atoms with Crippen molar-refractivity contribution in [2.45, 2.75) is 0 Å². The summed E-state index contributed by atoms with van der Waals surface area (Å²) in [6.45, 7) is 0. The van der Waals surface area contributed by atoms with E-state index in [2.05, 4.69) is 320 Å². The van der Waals surface area contributed by atoms with Crippen LogP contribution in [0, 0.1) is 11.3 Å². The molecular weight excluding hydrogens is 1030 g/mol. The summed E-state index contributed by atoms with van der Waals surface area (Å²) in [7, 11) is 0. The molecule has 0 saturated carbocycles. The monoisotopic (exact) mass is 1080 g/mol. The molecule has 13 aromatic carbocycles. The average Bonchev–Trinajstić information content (AvgIpc) is 1.54. The molecule has 0 aliphatic carbocycles. The number of nitrogens with zero attached hydrogens (tertiary/aromatic N) is 6. The topological polar surface area (TPSA) is 48.4 Å². The quantitative estimate of drug-likeness (QED) is 0.157. The zero-order chi connectivity index (χ0) is 55.9. The molecule has 0 bridgehead atoms. The van der Waals surface area contributed by atoms with Gasteiger partial charge in [-0.1, -0.05) is 200 Å². The van der Waals surface area contributed by atoms with E-state index in [1.54, 1.807) is 0 Å². The Bertz CT molecular complexity index is 5760. The molecule has 6 heteroatoms. The molecule has 0 radical (unpaired) electrons. The fraction of sp³-hybridized carbons (Fsp3) is 0. The van der Waals surface area contributed by atoms with Gasteiger partial charge in [0.05, 0.1) is 66.5 Å². The maximum absolute atomic E-state index is 12.5. The molecule has 0 unspecified atom stereocenters. The Labute approximate surface area is 488 Å². The van der Waals surface area contributed by atoms with Crippen molar-refractivity contribution in [2.75, 3.05) is 0 Å². The van der Waals surface area contributed by atoms with Crippen molar-refractivity contribution in [3.8, 4) is 56.8 Å². The van der Waals surface area contributed by atoms with Gasteiger partial charge in [-0.15, -0.1) is 0 Å². The Balaban J connectivity index is 1.06. The minimum Gasteiger partial charge on any atom is -0.309 e. The van der Waals surface area contributed by atoms with Gasteiger partial charge in [0.25, 0.3) is 0 Å². The Morgan fingerprint density at radius 2 is 0.576 bits per heavy atom. The van der Waals surface area contributed by atoms with E-state index >= 15 is 0 Å². The van der Waals surface area contributed by atoms with Gasteiger partial charge >= 0.3 is 0 Å². The predicted molar refractivity (Wildman–Crippen MR) is 354 cm³/mol. The lowest BCUT2D eigenvalue weighted by atomic mass is 9.96. The van der Waals surface area contributed by atoms with Crippen molar-refractivity contribution in [2.24, 2.45) is 0 Å². The highest BCUT2D eigenvalue weighted by Gasteiger charge is 2.31. The molecule has 18 aromatic rings. The number of aromatic nitrogens is 5. The largest absolute Gasteiger partial charge is 0.309 e. The summed E-state index contributed by atoms with van der Waals surface area (Å²) in [4.78, 5) is 0. The van der Waals surface area contributed by atoms with Gasteiger partial charge in [-0.25, -0.2) is 0 Å². The van der Waals surface area contributed by atoms with Crippen molar-refractivity contribution in [3.05, 3.63) is 297 Å². The smallest absolute Gasteiger partial charge is 0.104 e. The molecule has 0 spiro atoms. The molecule has 0 aliphatic rings. The van der Waals surface area contributed by atoms with Gasteiger partial charge in [-0.3, -0.25) is 0 Å². The summed E-state index contributed by atoms with van der Waals surface area (Å²) in [5, 5.41) is 23.9. The minimum absolute atomic E-state index is 0.556. The van der Waals surface area contributed by atoms with E-state index < -0.39 is 0 Å². The standard InChI is InChI=1S/C79H48N6/c80-49-63-70(84-67-42-21-14-35-59(67)72-69(84)45-44-58-57-34-13-18-39-64(57)81(76(58)72)54-28-7-2-8-29-54)47-53(52-27-23-26-51(46-52)50-24-5-1-6-25-50)48-71(63)85-68-43-22-17-38-62(68)75-78-73(60-36-15-19-40-65(60)82(78)55-30-9-3-10-31-55)77-74(79(75)85)61-37-16-20-41-66(61)83(77)56-32-11-4-12-33-56/h1-48H. The third-order valence-corrected chi connectivity index (χ3v) is 17.8. The van der Waals surface area contributed by atoms with Crippen molar-refractivity contribution in [3.63, 3.8) is 0 Å². The van der Waals surface area contributed by atoms with Crippen LogP contribution < -0.4 is 0 Å². The molecule has 0 N–H and O–H groups in total. The lowest BCUT2D eigenvalue weighted by molar-refractivity contribution is 1.12. The fourth-order valence-corrected chi connectivity index (χ4v) is 14.5. The molecule has 0 saturated heterocycles. The second-order valence-electron chi connectivity index (χ2n) is 22.2. The van der Waals surface area contributed by atoms with E-state index in [1.165, 1.54) is 16.2 Å². The highest BCUT2D eigenvalue weighted by atomic mass is 15.1. The van der Waals surface area contributed by atoms with E-state index in [9.17, 15) is 5.26 Å². The number of para-hydroxylation sites is 8. The number of rotatable bonds is 7. The van der Waals surface area contributed by atoms with Gasteiger partial charge in [0.15, 0.2) is 0 Å². The van der Waals surface area contributed by atoms with Crippen molar-refractivity contribution < 1.29 is 0 Å². The van der Waals surface area contributed by atoms with Crippen LogP contribution in [-0.4, -0.2) is 22.8 Å². The Kier molecular flexibility index (Phi) is 10.1. The molecule has 85 heavy (non-hydrogen) atoms. The SMILES string of the molecule is N#Cc1c(-n2c3ccccc3c3c2ccc2c4ccccc4n(-c4ccccc4)c23)cc(-c2cccc(-c3ccccc3)c2)cc1-n1c2ccccc2c2c3c(c4ccccc4n3-c3ccccc3)c3c(c4ccccc4n3-c3ccccc3)c21. The van der Waals surface area contributed by atoms with Gasteiger partial charge in [-0.05, 0) is 113 Å². The Hall–Kier alpha value is -11.7. The van der Waals surface area contributed by atoms with Crippen LogP contribution in [0.5, 0.6) is 0 Å². The highest BCUT2D eigenvalue weighted by molar-refractivity contribution is 6.40. The number of nitriles is 1. The minimum atomic E-state index is 0.556. The lowest BCUT2D eigenvalue weighted by Crippen LogP contribution is -2.05. The molecule has 0 amide bonds. The average molecular weight is 1080 g/mol. The number of benzene rings is 13. The fourth-order valence-electron chi connectivity index (χ4n) is 14.5. The van der Waals surface area contributed by atoms with Gasteiger partial charge in [0.1, 0.15) is 11.6 Å². The maximum atomic E-state index is 12.5. The maximum Gasteiger partial charge on any atom is 0.104 e. The number of hydrogen-bond acceptors (Lipinski definition) is 1. The Morgan fingerprint density at radius 1 is 0.224 bits per heavy atom. The van der Waals surface area contributed by atoms with Crippen LogP contribution in [0.3, 0.4) is 0 Å². The normalized spacial score (nSPS) is 12.0. The summed E-state index contributed by atoms with van der Waals surface area (Å²) in [6.07, 6.45) is 0. The van der Waals surface area contributed by atoms with Crippen LogP contribution in [0.25, 0.3) is 160 Å². The van der Waals surface area contributed by atoms with E-state index in [0.29, 0.717) is 5.56 Å². The molecule has 18 rings (SSSR count). The molecule has 5 heterocycles. The van der Waals surface area contributed by atoms with Crippen LogP contribution in [0.1, 0.15) is 5.56 Å². The number of fused-ring (bicyclic) bond motifs is 19. The predicted octanol–water partition coefficient (Wildman–Crippen LogP) is 20.4. The summed E-state index contributed by atoms with van der Waals surface area (Å²) in [6, 6.07) is 108. The third-order valence-electron chi connectivity index (χ3n) is 17.8. The first-order chi connectivity index (χ1) is 42.2. The second-order valence-corrected chi connectivity index (χ2v) is 22.2. The first kappa shape index (κ1) is 47.0. The van der Waals surface area contributed by atoms with E-state index in [-0.39, 0.29) is 0 Å². The van der Waals surface area contributed by atoms with E-state index in [0.717, 1.165) is 144 Å². The summed E-state index contributed by atoms with van der Waals surface area (Å²) in [5.74, 6) is 0. The number of hydrogen-bond donors (Lipinski definition) is 0. The van der Waals surface area contributed by atoms with E-state index in [1.807, 2.05) is 0 Å². The van der Waals surface area contributed by atoms with Crippen LogP contribution in [-0.2, 0) is 0 Å². The molecule has 0 aliphatic heterocycles. The zero-order valence-electron chi connectivity index (χ0n) is 45.9. The molecule has 6 nitrogen and oxygen atoms in total. The molecule has 394 valence electrons. The van der Waals surface area contributed by atoms with Gasteiger partial charge < -0.3 is 22.8 Å². The first-order valence-electron chi connectivity index (χ1n) is 29.0. The van der Waals surface area contributed by atoms with Crippen LogP contribution >= 0.6 is 0 Å². The Morgan fingerprint density at radius 3 is 1.07 bits per heavy atom. The van der Waals surface area contributed by atoms with Crippen molar-refractivity contribution in [1.82, 2.24) is 22.8 Å². The zero-order valence-corrected chi connectivity index (χ0v) is 45.9. The molecule has 0 atom stereocenters. The third kappa shape index (κ3) is 6.63. The lowest BCUT2D eigenvalue weighted by Gasteiger charge is -2.19. The van der Waals surface area contributed by atoms with Crippen molar-refractivity contribution in [1.29, 1.82) is 5.26 Å². The highest BCUT2D eigenvalue weighted by Crippen LogP contribution is 2.52. The molecular formula is C79H48N6. The van der Waals surface area contributed by atoms with E-state index in [4.69, 9.17) is 0 Å². The van der Waals surface area contributed by atoms with Gasteiger partial charge in [-0.2, -0.15) is 5.26 Å².